The van der Waals surface area contributed by atoms with Crippen molar-refractivity contribution < 1.29 is 42.9 Å². The summed E-state index contributed by atoms with van der Waals surface area (Å²) in [5, 5.41) is 11.9. The molecule has 0 N–H and O–H groups in total. The first-order valence-electron chi connectivity index (χ1n) is 39.8. The van der Waals surface area contributed by atoms with Crippen molar-refractivity contribution in [2.45, 2.75) is 437 Å². The third-order valence-electron chi connectivity index (χ3n) is 18.5. The monoisotopic (exact) mass is 1260 g/mol. The first-order chi connectivity index (χ1) is 43.6. The number of ether oxygens (including phenoxy) is 4. The zero-order valence-electron chi connectivity index (χ0n) is 60.6. The molecule has 0 bridgehead atoms. The van der Waals surface area contributed by atoms with E-state index in [4.69, 9.17) is 18.9 Å². The van der Waals surface area contributed by atoms with Crippen LogP contribution in [0.2, 0.25) is 0 Å². The number of carbonyl (C=O) groups excluding carboxylic acids is 3. The van der Waals surface area contributed by atoms with E-state index in [9.17, 15) is 19.5 Å². The van der Waals surface area contributed by atoms with E-state index in [0.29, 0.717) is 17.4 Å². The number of unbranched alkanes of at least 4 members (excludes halogenated alkanes) is 59. The number of esters is 2. The van der Waals surface area contributed by atoms with Gasteiger partial charge < -0.3 is 33.3 Å². The molecule has 0 spiro atoms. The van der Waals surface area contributed by atoms with Crippen molar-refractivity contribution in [3.8, 4) is 0 Å². The van der Waals surface area contributed by atoms with Crippen LogP contribution in [0.3, 0.4) is 0 Å². The van der Waals surface area contributed by atoms with Gasteiger partial charge in [0, 0.05) is 12.8 Å². The maximum Gasteiger partial charge on any atom is 0.306 e. The molecule has 0 amide bonds. The number of quaternary nitrogens is 1. The van der Waals surface area contributed by atoms with Gasteiger partial charge in [-0.2, -0.15) is 0 Å². The normalized spacial score (nSPS) is 12.6. The smallest absolute Gasteiger partial charge is 0.306 e. The predicted molar refractivity (Wildman–Crippen MR) is 380 cm³/mol. The van der Waals surface area contributed by atoms with Gasteiger partial charge in [0.05, 0.1) is 40.3 Å². The van der Waals surface area contributed by atoms with E-state index in [1.54, 1.807) is 0 Å². The number of nitrogens with zero attached hydrogens (tertiary/aromatic N) is 1. The number of likely N-dealkylation sites (N-methyl/N-ethyl adjacent to an activating group) is 1. The molecule has 0 aromatic heterocycles. The lowest BCUT2D eigenvalue weighted by Gasteiger charge is -2.26. The number of carbonyl (C=O) groups is 3. The van der Waals surface area contributed by atoms with Crippen LogP contribution in [0.5, 0.6) is 0 Å². The van der Waals surface area contributed by atoms with Crippen molar-refractivity contribution in [2.24, 2.45) is 0 Å². The van der Waals surface area contributed by atoms with Crippen LogP contribution in [-0.2, 0) is 33.3 Å². The van der Waals surface area contributed by atoms with Crippen LogP contribution in [0.25, 0.3) is 0 Å². The standard InChI is InChI=1S/C80H155NO8/c1-6-8-10-12-14-16-18-20-22-24-26-28-30-32-34-36-38-39-41-43-45-47-49-51-53-55-57-59-61-63-65-67-69-71-78(83)89-76(75-88-80(79(84)85)86-73-72-81(3,4)5)74-87-77(82)70-68-66-64-62-60-58-56-54-52-50-48-46-44-42-40-37-35-33-31-29-27-25-23-21-19-17-15-13-11-9-7-2/h24,26,76,80H,6-23,25,27-75H2,1-5H3/b26-24-. The first-order valence-corrected chi connectivity index (χ1v) is 39.8. The number of carboxylic acid groups (broad SMARTS) is 1. The van der Waals surface area contributed by atoms with Crippen molar-refractivity contribution in [1.82, 2.24) is 0 Å². The van der Waals surface area contributed by atoms with Gasteiger partial charge in [0.25, 0.3) is 0 Å². The Morgan fingerprint density at radius 1 is 0.326 bits per heavy atom. The van der Waals surface area contributed by atoms with Crippen LogP contribution in [0.15, 0.2) is 12.2 Å². The summed E-state index contributed by atoms with van der Waals surface area (Å²) in [4.78, 5) is 37.6. The minimum atomic E-state index is -1.62. The van der Waals surface area contributed by atoms with Gasteiger partial charge in [0.15, 0.2) is 12.4 Å². The van der Waals surface area contributed by atoms with Gasteiger partial charge in [-0.25, -0.2) is 0 Å². The maximum absolute atomic E-state index is 13.0. The molecular weight excluding hydrogens is 1100 g/mol. The second-order valence-electron chi connectivity index (χ2n) is 28.7. The Morgan fingerprint density at radius 3 is 0.831 bits per heavy atom. The van der Waals surface area contributed by atoms with E-state index in [2.05, 4.69) is 26.0 Å². The first kappa shape index (κ1) is 87.0. The van der Waals surface area contributed by atoms with Crippen LogP contribution < -0.4 is 5.11 Å². The van der Waals surface area contributed by atoms with Crippen molar-refractivity contribution in [1.29, 1.82) is 0 Å². The second-order valence-corrected chi connectivity index (χ2v) is 28.7. The van der Waals surface area contributed by atoms with E-state index in [-0.39, 0.29) is 32.2 Å². The molecule has 0 aromatic rings. The van der Waals surface area contributed by atoms with Crippen LogP contribution in [0.4, 0.5) is 0 Å². The van der Waals surface area contributed by atoms with E-state index < -0.39 is 24.3 Å². The van der Waals surface area contributed by atoms with Crippen LogP contribution in [0.1, 0.15) is 425 Å². The summed E-state index contributed by atoms with van der Waals surface area (Å²) in [5.74, 6) is -2.24. The molecule has 0 saturated heterocycles. The summed E-state index contributed by atoms with van der Waals surface area (Å²) in [7, 11) is 5.96. The molecule has 0 fully saturated rings. The van der Waals surface area contributed by atoms with E-state index in [1.807, 2.05) is 21.1 Å². The molecule has 0 heterocycles. The zero-order chi connectivity index (χ0) is 64.7. The van der Waals surface area contributed by atoms with Gasteiger partial charge in [0.2, 0.25) is 0 Å². The number of rotatable bonds is 76. The lowest BCUT2D eigenvalue weighted by molar-refractivity contribution is -0.870. The van der Waals surface area contributed by atoms with Gasteiger partial charge in [-0.15, -0.1) is 0 Å². The summed E-state index contributed by atoms with van der Waals surface area (Å²) in [6.07, 6.45) is 86.3. The van der Waals surface area contributed by atoms with Crippen LogP contribution in [-0.4, -0.2) is 82.3 Å². The second kappa shape index (κ2) is 71.9. The molecule has 0 aliphatic heterocycles. The average molecular weight is 1260 g/mol. The van der Waals surface area contributed by atoms with Crippen molar-refractivity contribution in [3.63, 3.8) is 0 Å². The zero-order valence-corrected chi connectivity index (χ0v) is 60.6. The quantitative estimate of drug-likeness (QED) is 0.0195. The van der Waals surface area contributed by atoms with Crippen molar-refractivity contribution in [3.05, 3.63) is 12.2 Å². The van der Waals surface area contributed by atoms with E-state index in [0.717, 1.165) is 38.5 Å². The Balaban J connectivity index is 3.96. The molecule has 89 heavy (non-hydrogen) atoms. The third-order valence-corrected chi connectivity index (χ3v) is 18.5. The molecule has 0 radical (unpaired) electrons. The Hall–Kier alpha value is -1.97. The lowest BCUT2D eigenvalue weighted by atomic mass is 10.0. The Kier molecular flexibility index (Phi) is 70.3. The van der Waals surface area contributed by atoms with Gasteiger partial charge in [0.1, 0.15) is 13.2 Å². The van der Waals surface area contributed by atoms with E-state index in [1.165, 1.54) is 360 Å². The minimum absolute atomic E-state index is 0.153. The number of carboxylic acids is 1. The molecule has 2 atom stereocenters. The van der Waals surface area contributed by atoms with Gasteiger partial charge >= 0.3 is 11.9 Å². The lowest BCUT2D eigenvalue weighted by Crippen LogP contribution is -2.44. The minimum Gasteiger partial charge on any atom is -0.545 e. The Labute approximate surface area is 555 Å². The van der Waals surface area contributed by atoms with Crippen molar-refractivity contribution >= 4 is 17.9 Å². The topological polar surface area (TPSA) is 111 Å². The molecule has 0 aliphatic carbocycles. The molecule has 2 unspecified atom stereocenters. The number of aliphatic carboxylic acids is 1. The fourth-order valence-corrected chi connectivity index (χ4v) is 12.4. The summed E-state index contributed by atoms with van der Waals surface area (Å²) < 4.78 is 22.9. The molecule has 9 heteroatoms. The average Bonchev–Trinajstić information content (AvgIpc) is 3.64. The highest BCUT2D eigenvalue weighted by molar-refractivity contribution is 5.70. The van der Waals surface area contributed by atoms with E-state index >= 15 is 0 Å². The SMILES string of the molecule is CCCCCCCCCC/C=C\CCCCCCCCCCCCCCCCCCCCCCCC(=O)OC(COC(=O)CCCCCCCCCCCCCCCCCCCCCCCCCCCCCCCCC)COC(OCC[N+](C)(C)C)C(=O)[O-]. The van der Waals surface area contributed by atoms with Gasteiger partial charge in [-0.3, -0.25) is 9.59 Å². The van der Waals surface area contributed by atoms with Crippen LogP contribution in [0, 0.1) is 0 Å². The molecule has 0 aliphatic rings. The number of hydrogen-bond donors (Lipinski definition) is 0. The summed E-state index contributed by atoms with van der Waals surface area (Å²) in [6, 6.07) is 0. The number of allylic oxidation sites excluding steroid dienone is 2. The largest absolute Gasteiger partial charge is 0.545 e. The fourth-order valence-electron chi connectivity index (χ4n) is 12.4. The van der Waals surface area contributed by atoms with Gasteiger partial charge in [-0.1, -0.05) is 386 Å². The predicted octanol–water partition coefficient (Wildman–Crippen LogP) is 23.8. The van der Waals surface area contributed by atoms with Crippen molar-refractivity contribution in [2.75, 3.05) is 47.5 Å². The van der Waals surface area contributed by atoms with Crippen LogP contribution >= 0.6 is 0 Å². The summed E-state index contributed by atoms with van der Waals surface area (Å²) in [6.45, 7) is 4.85. The van der Waals surface area contributed by atoms with Gasteiger partial charge in [-0.05, 0) is 38.5 Å². The molecule has 0 aromatic carbocycles. The third kappa shape index (κ3) is 73.3. The Morgan fingerprint density at radius 2 is 0.573 bits per heavy atom. The Bertz CT molecular complexity index is 1460. The highest BCUT2D eigenvalue weighted by atomic mass is 16.7. The maximum atomic E-state index is 13.0. The molecule has 9 nitrogen and oxygen atoms in total. The highest BCUT2D eigenvalue weighted by Gasteiger charge is 2.22. The highest BCUT2D eigenvalue weighted by Crippen LogP contribution is 2.20. The molecule has 0 saturated carbocycles. The molecule has 0 rings (SSSR count). The summed E-state index contributed by atoms with van der Waals surface area (Å²) >= 11 is 0. The fraction of sp³-hybridized carbons (Fsp3) is 0.938. The molecule has 528 valence electrons. The molecular formula is C80H155NO8. The number of hydrogen-bond acceptors (Lipinski definition) is 8. The summed E-state index contributed by atoms with van der Waals surface area (Å²) in [5.41, 5.74) is 0.